The monoisotopic (exact) mass is 376 g/mol. The summed E-state index contributed by atoms with van der Waals surface area (Å²) in [5, 5.41) is 5.70. The highest BCUT2D eigenvalue weighted by Crippen LogP contribution is 2.31. The summed E-state index contributed by atoms with van der Waals surface area (Å²) in [6, 6.07) is 6.76. The van der Waals surface area contributed by atoms with Gasteiger partial charge in [0.25, 0.3) is 0 Å². The maximum atomic E-state index is 12.2. The molecule has 2 saturated heterocycles. The van der Waals surface area contributed by atoms with E-state index in [2.05, 4.69) is 10.6 Å². The Bertz CT molecular complexity index is 690. The van der Waals surface area contributed by atoms with Crippen molar-refractivity contribution in [1.82, 2.24) is 5.32 Å². The molecule has 4 rings (SSSR count). The molecule has 8 heteroatoms. The lowest BCUT2D eigenvalue weighted by molar-refractivity contribution is -0.128. The molecule has 3 aliphatic rings. The molecule has 0 radical (unpaired) electrons. The summed E-state index contributed by atoms with van der Waals surface area (Å²) >= 11 is 0. The molecule has 2 heterocycles. The zero-order chi connectivity index (χ0) is 18.8. The average Bonchev–Trinajstić information content (AvgIpc) is 3.18. The minimum absolute atomic E-state index is 0.0701. The van der Waals surface area contributed by atoms with E-state index in [0.29, 0.717) is 18.0 Å². The van der Waals surface area contributed by atoms with Crippen molar-refractivity contribution < 1.29 is 28.5 Å². The number of ether oxygens (including phenoxy) is 4. The molecule has 2 aliphatic heterocycles. The smallest absolute Gasteiger partial charge is 0.412 e. The number of carbonyl (C=O) groups is 2. The molecule has 146 valence electrons. The van der Waals surface area contributed by atoms with Crippen molar-refractivity contribution in [2.45, 2.75) is 43.6 Å². The van der Waals surface area contributed by atoms with Crippen LogP contribution in [-0.4, -0.2) is 56.7 Å². The SMILES string of the molecule is COc1ccc(NC(=O)OC2COC3C(NC(=O)C4CCC4)COC23)cc1. The minimum atomic E-state index is -0.569. The Morgan fingerprint density at radius 3 is 2.48 bits per heavy atom. The first-order chi connectivity index (χ1) is 13.1. The third-order valence-electron chi connectivity index (χ3n) is 5.41. The Kier molecular flexibility index (Phi) is 5.18. The molecule has 8 nitrogen and oxygen atoms in total. The van der Waals surface area contributed by atoms with E-state index in [4.69, 9.17) is 18.9 Å². The first-order valence-electron chi connectivity index (χ1n) is 9.29. The Morgan fingerprint density at radius 1 is 1.07 bits per heavy atom. The van der Waals surface area contributed by atoms with Gasteiger partial charge in [0.1, 0.15) is 18.0 Å². The van der Waals surface area contributed by atoms with E-state index >= 15 is 0 Å². The Hall–Kier alpha value is -2.32. The maximum Gasteiger partial charge on any atom is 0.412 e. The van der Waals surface area contributed by atoms with Crippen LogP contribution in [0.1, 0.15) is 19.3 Å². The lowest BCUT2D eigenvalue weighted by atomic mass is 9.84. The standard InChI is InChI=1S/C19H24N2O6/c1-24-13-7-5-12(6-8-13)20-19(23)27-15-10-26-16-14(9-25-17(15)16)21-18(22)11-3-2-4-11/h5-8,11,14-17H,2-4,9-10H2,1H3,(H,20,23)(H,21,22). The molecule has 4 atom stereocenters. The van der Waals surface area contributed by atoms with Crippen LogP contribution in [0.3, 0.4) is 0 Å². The molecule has 0 spiro atoms. The summed E-state index contributed by atoms with van der Waals surface area (Å²) < 4.78 is 22.1. The highest BCUT2D eigenvalue weighted by atomic mass is 16.6. The van der Waals surface area contributed by atoms with E-state index in [1.54, 1.807) is 31.4 Å². The van der Waals surface area contributed by atoms with Crippen LogP contribution < -0.4 is 15.4 Å². The fourth-order valence-corrected chi connectivity index (χ4v) is 3.62. The summed E-state index contributed by atoms with van der Waals surface area (Å²) in [5.41, 5.74) is 0.606. The molecule has 1 aliphatic carbocycles. The van der Waals surface area contributed by atoms with Crippen LogP contribution >= 0.6 is 0 Å². The number of methoxy groups -OCH3 is 1. The number of rotatable bonds is 5. The van der Waals surface area contributed by atoms with Crippen LogP contribution in [0.4, 0.5) is 10.5 Å². The van der Waals surface area contributed by atoms with Gasteiger partial charge in [-0.15, -0.1) is 0 Å². The van der Waals surface area contributed by atoms with Gasteiger partial charge in [-0.3, -0.25) is 10.1 Å². The van der Waals surface area contributed by atoms with Gasteiger partial charge in [0, 0.05) is 11.6 Å². The third kappa shape index (κ3) is 3.86. The van der Waals surface area contributed by atoms with Gasteiger partial charge >= 0.3 is 6.09 Å². The van der Waals surface area contributed by atoms with Crippen LogP contribution in [0.15, 0.2) is 24.3 Å². The van der Waals surface area contributed by atoms with E-state index in [9.17, 15) is 9.59 Å². The lowest BCUT2D eigenvalue weighted by Crippen LogP contribution is -2.47. The molecular formula is C19H24N2O6. The van der Waals surface area contributed by atoms with Gasteiger partial charge in [-0.05, 0) is 37.1 Å². The molecule has 1 saturated carbocycles. The second-order valence-electron chi connectivity index (χ2n) is 7.14. The van der Waals surface area contributed by atoms with Crippen LogP contribution in [0.25, 0.3) is 0 Å². The van der Waals surface area contributed by atoms with E-state index in [-0.39, 0.29) is 36.7 Å². The second-order valence-corrected chi connectivity index (χ2v) is 7.14. The van der Waals surface area contributed by atoms with Gasteiger partial charge in [0.05, 0.1) is 26.4 Å². The molecule has 0 aromatic heterocycles. The molecule has 2 amide bonds. The van der Waals surface area contributed by atoms with Gasteiger partial charge < -0.3 is 24.3 Å². The number of benzene rings is 1. The molecular weight excluding hydrogens is 352 g/mol. The van der Waals surface area contributed by atoms with Crippen LogP contribution in [0.2, 0.25) is 0 Å². The Morgan fingerprint density at radius 2 is 1.81 bits per heavy atom. The summed E-state index contributed by atoms with van der Waals surface area (Å²) in [4.78, 5) is 24.3. The summed E-state index contributed by atoms with van der Waals surface area (Å²) in [7, 11) is 1.58. The number of hydrogen-bond donors (Lipinski definition) is 2. The van der Waals surface area contributed by atoms with Crippen molar-refractivity contribution in [3.05, 3.63) is 24.3 Å². The number of anilines is 1. The van der Waals surface area contributed by atoms with Crippen molar-refractivity contribution >= 4 is 17.7 Å². The predicted molar refractivity (Wildman–Crippen MR) is 95.6 cm³/mol. The van der Waals surface area contributed by atoms with Crippen molar-refractivity contribution in [3.8, 4) is 5.75 Å². The minimum Gasteiger partial charge on any atom is -0.497 e. The van der Waals surface area contributed by atoms with Gasteiger partial charge in [0.15, 0.2) is 6.10 Å². The van der Waals surface area contributed by atoms with Crippen LogP contribution in [-0.2, 0) is 19.0 Å². The molecule has 27 heavy (non-hydrogen) atoms. The first kappa shape index (κ1) is 18.1. The normalized spacial score (nSPS) is 29.5. The molecule has 4 unspecified atom stereocenters. The average molecular weight is 376 g/mol. The molecule has 2 N–H and O–H groups in total. The van der Waals surface area contributed by atoms with Gasteiger partial charge in [-0.1, -0.05) is 6.42 Å². The fourth-order valence-electron chi connectivity index (χ4n) is 3.62. The fraction of sp³-hybridized carbons (Fsp3) is 0.579. The quantitative estimate of drug-likeness (QED) is 0.812. The Labute approximate surface area is 157 Å². The second kappa shape index (κ2) is 7.74. The number of hydrogen-bond acceptors (Lipinski definition) is 6. The zero-order valence-corrected chi connectivity index (χ0v) is 15.2. The predicted octanol–water partition coefficient (Wildman–Crippen LogP) is 1.69. The maximum absolute atomic E-state index is 12.2. The van der Waals surface area contributed by atoms with Gasteiger partial charge in [0.2, 0.25) is 5.91 Å². The van der Waals surface area contributed by atoms with Crippen molar-refractivity contribution in [1.29, 1.82) is 0 Å². The number of nitrogens with one attached hydrogen (secondary N) is 2. The summed E-state index contributed by atoms with van der Waals surface area (Å²) in [5.74, 6) is 0.892. The van der Waals surface area contributed by atoms with E-state index in [0.717, 1.165) is 19.3 Å². The summed E-state index contributed by atoms with van der Waals surface area (Å²) in [6.07, 6.45) is 1.29. The van der Waals surface area contributed by atoms with Crippen molar-refractivity contribution in [2.24, 2.45) is 5.92 Å². The topological polar surface area (TPSA) is 95.1 Å². The van der Waals surface area contributed by atoms with Gasteiger partial charge in [-0.25, -0.2) is 4.79 Å². The molecule has 1 aromatic carbocycles. The third-order valence-corrected chi connectivity index (χ3v) is 5.41. The molecule has 1 aromatic rings. The lowest BCUT2D eigenvalue weighted by Gasteiger charge is -2.27. The van der Waals surface area contributed by atoms with Crippen LogP contribution in [0.5, 0.6) is 5.75 Å². The first-order valence-corrected chi connectivity index (χ1v) is 9.29. The highest BCUT2D eigenvalue weighted by Gasteiger charge is 2.50. The van der Waals surface area contributed by atoms with Crippen molar-refractivity contribution in [2.75, 3.05) is 25.6 Å². The van der Waals surface area contributed by atoms with Gasteiger partial charge in [-0.2, -0.15) is 0 Å². The summed E-state index contributed by atoms with van der Waals surface area (Å²) in [6.45, 7) is 0.620. The van der Waals surface area contributed by atoms with E-state index in [1.165, 1.54) is 0 Å². The molecule has 3 fully saturated rings. The van der Waals surface area contributed by atoms with Crippen LogP contribution in [0, 0.1) is 5.92 Å². The zero-order valence-electron chi connectivity index (χ0n) is 15.2. The van der Waals surface area contributed by atoms with Crippen molar-refractivity contribution in [3.63, 3.8) is 0 Å². The number of carbonyl (C=O) groups excluding carboxylic acids is 2. The van der Waals surface area contributed by atoms with E-state index in [1.807, 2.05) is 0 Å². The number of amides is 2. The van der Waals surface area contributed by atoms with E-state index < -0.39 is 12.2 Å². The largest absolute Gasteiger partial charge is 0.497 e. The highest BCUT2D eigenvalue weighted by molar-refractivity contribution is 5.84. The number of fused-ring (bicyclic) bond motifs is 1. The Balaban J connectivity index is 1.28. The molecule has 0 bridgehead atoms.